The zero-order valence-electron chi connectivity index (χ0n) is 16.1. The summed E-state index contributed by atoms with van der Waals surface area (Å²) in [6, 6.07) is 19.7. The number of nitrogens with one attached hydrogen (secondary N) is 1. The van der Waals surface area contributed by atoms with Gasteiger partial charge in [-0.1, -0.05) is 60.2 Å². The van der Waals surface area contributed by atoms with Gasteiger partial charge in [0.1, 0.15) is 0 Å². The second-order valence-electron chi connectivity index (χ2n) is 6.88. The average molecular weight is 405 g/mol. The Bertz CT molecular complexity index is 1050. The van der Waals surface area contributed by atoms with Crippen molar-refractivity contribution in [3.8, 4) is 0 Å². The number of nitrogens with zero attached hydrogens (tertiary/aromatic N) is 2. The largest absolute Gasteiger partial charge is 0.345 e. The molecule has 3 aromatic rings. The minimum atomic E-state index is -0.759. The first kappa shape index (κ1) is 20.7. The zero-order chi connectivity index (χ0) is 21.7. The Morgan fingerprint density at radius 1 is 0.900 bits per heavy atom. The molecular weight excluding hydrogens is 386 g/mol. The van der Waals surface area contributed by atoms with Crippen molar-refractivity contribution in [1.29, 1.82) is 0 Å². The summed E-state index contributed by atoms with van der Waals surface area (Å²) in [6.45, 7) is 1.98. The highest BCUT2D eigenvalue weighted by Gasteiger charge is 2.22. The molecule has 0 saturated carbocycles. The molecule has 0 saturated heterocycles. The molecule has 1 atom stereocenters. The standard InChI is InChI=1S/C22H19N3O5/c1-15-7-9-16(10-8-15)11-21(17-5-3-2-4-6-17)23-22(26)18-12-19(24(27)28)14-20(13-18)25(29)30/h2-10,12-14,21H,11H2,1H3,(H,23,26). The van der Waals surface area contributed by atoms with Gasteiger partial charge in [-0.25, -0.2) is 0 Å². The molecule has 152 valence electrons. The lowest BCUT2D eigenvalue weighted by Gasteiger charge is -2.20. The van der Waals surface area contributed by atoms with Gasteiger partial charge in [0.15, 0.2) is 0 Å². The van der Waals surface area contributed by atoms with E-state index in [9.17, 15) is 25.0 Å². The van der Waals surface area contributed by atoms with Crippen molar-refractivity contribution in [1.82, 2.24) is 5.32 Å². The molecule has 0 aliphatic rings. The molecule has 0 aromatic heterocycles. The quantitative estimate of drug-likeness (QED) is 0.458. The molecule has 8 nitrogen and oxygen atoms in total. The van der Waals surface area contributed by atoms with Gasteiger partial charge in [0.05, 0.1) is 27.5 Å². The lowest BCUT2D eigenvalue weighted by molar-refractivity contribution is -0.394. The molecule has 0 bridgehead atoms. The van der Waals surface area contributed by atoms with E-state index in [0.717, 1.165) is 34.9 Å². The van der Waals surface area contributed by atoms with Crippen LogP contribution < -0.4 is 5.32 Å². The van der Waals surface area contributed by atoms with Crippen LogP contribution in [0.4, 0.5) is 11.4 Å². The molecule has 1 unspecified atom stereocenters. The number of amides is 1. The Balaban J connectivity index is 1.92. The molecule has 0 fully saturated rings. The van der Waals surface area contributed by atoms with Crippen molar-refractivity contribution in [3.63, 3.8) is 0 Å². The first-order chi connectivity index (χ1) is 14.3. The van der Waals surface area contributed by atoms with Gasteiger partial charge in [-0.05, 0) is 24.5 Å². The van der Waals surface area contributed by atoms with Gasteiger partial charge >= 0.3 is 0 Å². The number of nitro groups is 2. The van der Waals surface area contributed by atoms with Crippen molar-refractivity contribution >= 4 is 17.3 Å². The van der Waals surface area contributed by atoms with Crippen LogP contribution in [-0.4, -0.2) is 15.8 Å². The summed E-state index contributed by atoms with van der Waals surface area (Å²) in [7, 11) is 0. The molecule has 1 amide bonds. The summed E-state index contributed by atoms with van der Waals surface area (Å²) in [5.41, 5.74) is 1.81. The minimum absolute atomic E-state index is 0.138. The van der Waals surface area contributed by atoms with Gasteiger partial charge < -0.3 is 5.32 Å². The van der Waals surface area contributed by atoms with E-state index in [1.165, 1.54) is 0 Å². The molecule has 0 heterocycles. The third kappa shape index (κ3) is 5.05. The highest BCUT2D eigenvalue weighted by atomic mass is 16.6. The number of aryl methyl sites for hydroxylation is 1. The summed E-state index contributed by atoms with van der Waals surface area (Å²) >= 11 is 0. The third-order valence-corrected chi connectivity index (χ3v) is 4.65. The molecule has 0 aliphatic heterocycles. The van der Waals surface area contributed by atoms with Crippen LogP contribution >= 0.6 is 0 Å². The Kier molecular flexibility index (Phi) is 6.17. The maximum absolute atomic E-state index is 12.9. The molecule has 3 aromatic carbocycles. The monoisotopic (exact) mass is 405 g/mol. The van der Waals surface area contributed by atoms with Crippen molar-refractivity contribution in [3.05, 3.63) is 115 Å². The average Bonchev–Trinajstić information content (AvgIpc) is 2.75. The SMILES string of the molecule is Cc1ccc(CC(NC(=O)c2cc([N+](=O)[O-])cc([N+](=O)[O-])c2)c2ccccc2)cc1. The maximum Gasteiger partial charge on any atom is 0.277 e. The number of non-ortho nitro benzene ring substituents is 2. The van der Waals surface area contributed by atoms with E-state index in [-0.39, 0.29) is 5.56 Å². The van der Waals surface area contributed by atoms with Crippen LogP contribution in [-0.2, 0) is 6.42 Å². The summed E-state index contributed by atoms with van der Waals surface area (Å²) in [4.78, 5) is 33.6. The molecule has 0 aliphatic carbocycles. The van der Waals surface area contributed by atoms with E-state index in [1.54, 1.807) is 0 Å². The van der Waals surface area contributed by atoms with Gasteiger partial charge in [0, 0.05) is 12.1 Å². The molecule has 0 radical (unpaired) electrons. The van der Waals surface area contributed by atoms with Crippen molar-refractivity contribution in [2.24, 2.45) is 0 Å². The lowest BCUT2D eigenvalue weighted by Crippen LogP contribution is -2.30. The van der Waals surface area contributed by atoms with Crippen LogP contribution in [0, 0.1) is 27.2 Å². The van der Waals surface area contributed by atoms with Crippen LogP contribution in [0.25, 0.3) is 0 Å². The molecule has 0 spiro atoms. The number of rotatable bonds is 7. The highest BCUT2D eigenvalue weighted by Crippen LogP contribution is 2.24. The Morgan fingerprint density at radius 3 is 2.00 bits per heavy atom. The predicted octanol–water partition coefficient (Wildman–Crippen LogP) is 4.53. The van der Waals surface area contributed by atoms with Crippen molar-refractivity contribution in [2.75, 3.05) is 0 Å². The Morgan fingerprint density at radius 2 is 1.47 bits per heavy atom. The Hall–Kier alpha value is -4.07. The number of hydrogen-bond acceptors (Lipinski definition) is 5. The smallest absolute Gasteiger partial charge is 0.277 e. The minimum Gasteiger partial charge on any atom is -0.345 e. The van der Waals surface area contributed by atoms with E-state index in [1.807, 2.05) is 61.5 Å². The maximum atomic E-state index is 12.9. The van der Waals surface area contributed by atoms with Crippen molar-refractivity contribution < 1.29 is 14.6 Å². The molecule has 8 heteroatoms. The van der Waals surface area contributed by atoms with E-state index in [4.69, 9.17) is 0 Å². The molecular formula is C22H19N3O5. The van der Waals surface area contributed by atoms with Crippen LogP contribution in [0.1, 0.15) is 33.1 Å². The summed E-state index contributed by atoms with van der Waals surface area (Å²) < 4.78 is 0. The highest BCUT2D eigenvalue weighted by molar-refractivity contribution is 5.95. The third-order valence-electron chi connectivity index (χ3n) is 4.65. The number of carbonyl (C=O) groups excluding carboxylic acids is 1. The summed E-state index contributed by atoms with van der Waals surface area (Å²) in [6.07, 6.45) is 0.493. The fourth-order valence-corrected chi connectivity index (χ4v) is 3.08. The molecule has 1 N–H and O–H groups in total. The van der Waals surface area contributed by atoms with E-state index in [0.29, 0.717) is 6.42 Å². The van der Waals surface area contributed by atoms with Crippen LogP contribution in [0.15, 0.2) is 72.8 Å². The fourth-order valence-electron chi connectivity index (χ4n) is 3.08. The first-order valence-electron chi connectivity index (χ1n) is 9.18. The topological polar surface area (TPSA) is 115 Å². The summed E-state index contributed by atoms with van der Waals surface area (Å²) in [5.74, 6) is -0.622. The van der Waals surface area contributed by atoms with E-state index < -0.39 is 33.2 Å². The zero-order valence-corrected chi connectivity index (χ0v) is 16.1. The number of hydrogen-bond donors (Lipinski definition) is 1. The van der Waals surface area contributed by atoms with E-state index >= 15 is 0 Å². The first-order valence-corrected chi connectivity index (χ1v) is 9.18. The number of nitro benzene ring substituents is 2. The van der Waals surface area contributed by atoms with Gasteiger partial charge in [-0.2, -0.15) is 0 Å². The lowest BCUT2D eigenvalue weighted by atomic mass is 9.97. The second kappa shape index (κ2) is 8.95. The van der Waals surface area contributed by atoms with Crippen LogP contribution in [0.3, 0.4) is 0 Å². The molecule has 30 heavy (non-hydrogen) atoms. The van der Waals surface area contributed by atoms with Gasteiger partial charge in [0.2, 0.25) is 0 Å². The van der Waals surface area contributed by atoms with Crippen LogP contribution in [0.5, 0.6) is 0 Å². The van der Waals surface area contributed by atoms with Gasteiger partial charge in [-0.3, -0.25) is 25.0 Å². The number of benzene rings is 3. The fraction of sp³-hybridized carbons (Fsp3) is 0.136. The normalized spacial score (nSPS) is 11.5. The van der Waals surface area contributed by atoms with E-state index in [2.05, 4.69) is 5.32 Å². The second-order valence-corrected chi connectivity index (χ2v) is 6.88. The predicted molar refractivity (Wildman–Crippen MR) is 111 cm³/mol. The van der Waals surface area contributed by atoms with Crippen LogP contribution in [0.2, 0.25) is 0 Å². The number of carbonyl (C=O) groups is 1. The van der Waals surface area contributed by atoms with Crippen molar-refractivity contribution in [2.45, 2.75) is 19.4 Å². The van der Waals surface area contributed by atoms with Gasteiger partial charge in [-0.15, -0.1) is 0 Å². The summed E-state index contributed by atoms with van der Waals surface area (Å²) in [5, 5.41) is 25.1. The van der Waals surface area contributed by atoms with Gasteiger partial charge in [0.25, 0.3) is 17.3 Å². The molecule has 3 rings (SSSR count). The Labute approximate surface area is 172 Å².